The van der Waals surface area contributed by atoms with E-state index in [1.807, 2.05) is 0 Å². The van der Waals surface area contributed by atoms with Gasteiger partial charge in [0.05, 0.1) is 25.2 Å². The topological polar surface area (TPSA) is 160 Å². The van der Waals surface area contributed by atoms with E-state index < -0.39 is 40.2 Å². The fourth-order valence-corrected chi connectivity index (χ4v) is 1.68. The fraction of sp³-hybridized carbons (Fsp3) is 0.308. The molecule has 3 N–H and O–H groups in total. The number of benzene rings is 1. The molecule has 11 nitrogen and oxygen atoms in total. The minimum Gasteiger partial charge on any atom is -0.493 e. The highest BCUT2D eigenvalue weighted by Gasteiger charge is 2.28. The van der Waals surface area contributed by atoms with Crippen LogP contribution in [0, 0.1) is 10.1 Å². The van der Waals surface area contributed by atoms with E-state index in [0.717, 1.165) is 12.1 Å². The minimum absolute atomic E-state index is 0.0419. The maximum Gasteiger partial charge on any atom is 0.346 e. The van der Waals surface area contributed by atoms with Crippen LogP contribution in [0.1, 0.15) is 17.3 Å². The van der Waals surface area contributed by atoms with Crippen molar-refractivity contribution in [2.24, 2.45) is 5.73 Å². The molecule has 130 valence electrons. The number of rotatable bonds is 6. The highest BCUT2D eigenvalue weighted by molar-refractivity contribution is 5.99. The summed E-state index contributed by atoms with van der Waals surface area (Å²) < 4.78 is 14.7. The maximum atomic E-state index is 12.1. The highest BCUT2D eigenvalue weighted by Crippen LogP contribution is 2.34. The van der Waals surface area contributed by atoms with Crippen molar-refractivity contribution in [2.45, 2.75) is 13.0 Å². The Morgan fingerprint density at radius 1 is 1.21 bits per heavy atom. The van der Waals surface area contributed by atoms with Gasteiger partial charge < -0.3 is 19.9 Å². The molecule has 1 unspecified atom stereocenters. The summed E-state index contributed by atoms with van der Waals surface area (Å²) in [5.41, 5.74) is 3.73. The van der Waals surface area contributed by atoms with Crippen LogP contribution in [0.15, 0.2) is 12.1 Å². The SMILES string of the molecule is COc1cc(C(=O)OC(C)C(=O)NC(N)=O)c([N+](=O)[O-])cc1OC. The molecule has 0 aliphatic carbocycles. The van der Waals surface area contributed by atoms with E-state index >= 15 is 0 Å². The van der Waals surface area contributed by atoms with Crippen molar-refractivity contribution in [1.82, 2.24) is 5.32 Å². The van der Waals surface area contributed by atoms with Crippen LogP contribution >= 0.6 is 0 Å². The number of esters is 1. The second-order valence-corrected chi connectivity index (χ2v) is 4.38. The number of methoxy groups -OCH3 is 2. The molecular weight excluding hydrogens is 326 g/mol. The standard InChI is InChI=1S/C13H15N3O8/c1-6(11(17)15-13(14)19)24-12(18)7-4-9(22-2)10(23-3)5-8(7)16(20)21/h4-6H,1-3H3,(H3,14,15,17,19). The number of carbonyl (C=O) groups is 3. The number of imide groups is 1. The molecule has 0 spiro atoms. The average molecular weight is 341 g/mol. The van der Waals surface area contributed by atoms with Crippen LogP contribution in [0.5, 0.6) is 11.5 Å². The molecule has 0 aromatic heterocycles. The van der Waals surface area contributed by atoms with Crippen molar-refractivity contribution in [3.05, 3.63) is 27.8 Å². The first-order valence-electron chi connectivity index (χ1n) is 6.43. The first-order chi connectivity index (χ1) is 11.2. The zero-order valence-corrected chi connectivity index (χ0v) is 13.0. The molecule has 11 heteroatoms. The van der Waals surface area contributed by atoms with Crippen LogP contribution in [-0.4, -0.2) is 43.2 Å². The summed E-state index contributed by atoms with van der Waals surface area (Å²) in [7, 11) is 2.55. The second-order valence-electron chi connectivity index (χ2n) is 4.38. The van der Waals surface area contributed by atoms with Crippen molar-refractivity contribution < 1.29 is 33.5 Å². The molecule has 0 saturated carbocycles. The Hall–Kier alpha value is -3.37. The quantitative estimate of drug-likeness (QED) is 0.426. The molecule has 0 bridgehead atoms. The van der Waals surface area contributed by atoms with Gasteiger partial charge in [0.2, 0.25) is 0 Å². The highest BCUT2D eigenvalue weighted by atomic mass is 16.6. The lowest BCUT2D eigenvalue weighted by atomic mass is 10.1. The summed E-state index contributed by atoms with van der Waals surface area (Å²) in [5, 5.41) is 12.8. The van der Waals surface area contributed by atoms with Crippen molar-refractivity contribution in [1.29, 1.82) is 0 Å². The molecular formula is C13H15N3O8. The largest absolute Gasteiger partial charge is 0.493 e. The monoisotopic (exact) mass is 341 g/mol. The summed E-state index contributed by atoms with van der Waals surface area (Å²) in [6.45, 7) is 1.17. The zero-order chi connectivity index (χ0) is 18.4. The molecule has 0 heterocycles. The smallest absolute Gasteiger partial charge is 0.346 e. The van der Waals surface area contributed by atoms with Crippen molar-refractivity contribution >= 4 is 23.6 Å². The molecule has 0 saturated heterocycles. The minimum atomic E-state index is -1.40. The van der Waals surface area contributed by atoms with E-state index in [1.165, 1.54) is 21.1 Å². The molecule has 0 fully saturated rings. The van der Waals surface area contributed by atoms with E-state index in [0.29, 0.717) is 0 Å². The summed E-state index contributed by atoms with van der Waals surface area (Å²) in [6, 6.07) is 0.918. The number of nitrogens with two attached hydrogens (primary N) is 1. The van der Waals surface area contributed by atoms with Crippen molar-refractivity contribution in [3.8, 4) is 11.5 Å². The molecule has 0 aliphatic rings. The van der Waals surface area contributed by atoms with Gasteiger partial charge in [0.15, 0.2) is 17.6 Å². The average Bonchev–Trinajstić information content (AvgIpc) is 2.52. The number of nitro groups is 1. The number of nitrogens with one attached hydrogen (secondary N) is 1. The molecule has 1 rings (SSSR count). The van der Waals surface area contributed by atoms with E-state index in [4.69, 9.17) is 19.9 Å². The van der Waals surface area contributed by atoms with Crippen LogP contribution in [0.3, 0.4) is 0 Å². The third-order valence-corrected chi connectivity index (χ3v) is 2.82. The Morgan fingerprint density at radius 2 is 1.75 bits per heavy atom. The fourth-order valence-electron chi connectivity index (χ4n) is 1.68. The van der Waals surface area contributed by atoms with Gasteiger partial charge >= 0.3 is 12.0 Å². The Labute approximate surface area is 135 Å². The second kappa shape index (κ2) is 7.76. The first kappa shape index (κ1) is 18.7. The van der Waals surface area contributed by atoms with Gasteiger partial charge in [-0.05, 0) is 6.92 Å². The summed E-state index contributed by atoms with van der Waals surface area (Å²) in [6.07, 6.45) is -1.40. The number of carbonyl (C=O) groups excluding carboxylic acids is 3. The van der Waals surface area contributed by atoms with Crippen molar-refractivity contribution in [3.63, 3.8) is 0 Å². The number of primary amides is 1. The molecule has 3 amide bonds. The Bertz CT molecular complexity index is 688. The molecule has 1 aromatic rings. The Kier molecular flexibility index (Phi) is 6.04. The summed E-state index contributed by atoms with van der Waals surface area (Å²) in [4.78, 5) is 44.5. The van der Waals surface area contributed by atoms with E-state index in [-0.39, 0.29) is 11.5 Å². The van der Waals surface area contributed by atoms with Gasteiger partial charge in [0.25, 0.3) is 11.6 Å². The van der Waals surface area contributed by atoms with Crippen LogP contribution in [0.25, 0.3) is 0 Å². The third kappa shape index (κ3) is 4.32. The van der Waals surface area contributed by atoms with Crippen molar-refractivity contribution in [2.75, 3.05) is 14.2 Å². The third-order valence-electron chi connectivity index (χ3n) is 2.82. The molecule has 0 aliphatic heterocycles. The summed E-state index contributed by atoms with van der Waals surface area (Å²) in [5.74, 6) is -2.03. The van der Waals surface area contributed by atoms with Gasteiger partial charge in [-0.1, -0.05) is 0 Å². The van der Waals surface area contributed by atoms with Gasteiger partial charge in [0.1, 0.15) is 5.56 Å². The zero-order valence-electron chi connectivity index (χ0n) is 13.0. The molecule has 24 heavy (non-hydrogen) atoms. The number of hydrogen-bond acceptors (Lipinski definition) is 8. The van der Waals surface area contributed by atoms with E-state index in [1.54, 1.807) is 5.32 Å². The van der Waals surface area contributed by atoms with Gasteiger partial charge in [-0.2, -0.15) is 0 Å². The summed E-state index contributed by atoms with van der Waals surface area (Å²) >= 11 is 0. The van der Waals surface area contributed by atoms with Crippen LogP contribution in [-0.2, 0) is 9.53 Å². The Balaban J connectivity index is 3.15. The van der Waals surface area contributed by atoms with Gasteiger partial charge in [-0.25, -0.2) is 9.59 Å². The first-order valence-corrected chi connectivity index (χ1v) is 6.43. The number of ether oxygens (including phenoxy) is 3. The number of hydrogen-bond donors (Lipinski definition) is 2. The predicted octanol–water partition coefficient (Wildman–Crippen LogP) is 0.352. The number of nitro benzene ring substituents is 1. The van der Waals surface area contributed by atoms with Gasteiger partial charge in [0, 0.05) is 6.07 Å². The molecule has 1 aromatic carbocycles. The van der Waals surface area contributed by atoms with Gasteiger partial charge in [-0.15, -0.1) is 0 Å². The normalized spacial score (nSPS) is 11.1. The molecule has 0 radical (unpaired) electrons. The van der Waals surface area contributed by atoms with E-state index in [9.17, 15) is 24.5 Å². The lowest BCUT2D eigenvalue weighted by Gasteiger charge is -2.13. The number of nitrogens with zero attached hydrogens (tertiary/aromatic N) is 1. The molecule has 1 atom stereocenters. The Morgan fingerprint density at radius 3 is 2.21 bits per heavy atom. The maximum absolute atomic E-state index is 12.1. The lowest BCUT2D eigenvalue weighted by Crippen LogP contribution is -2.42. The van der Waals surface area contributed by atoms with Crippen LogP contribution in [0.2, 0.25) is 0 Å². The number of urea groups is 1. The van der Waals surface area contributed by atoms with Crippen LogP contribution < -0.4 is 20.5 Å². The van der Waals surface area contributed by atoms with Crippen LogP contribution in [0.4, 0.5) is 10.5 Å². The van der Waals surface area contributed by atoms with Gasteiger partial charge in [-0.3, -0.25) is 20.2 Å². The lowest BCUT2D eigenvalue weighted by molar-refractivity contribution is -0.385. The predicted molar refractivity (Wildman–Crippen MR) is 78.8 cm³/mol. The van der Waals surface area contributed by atoms with E-state index in [2.05, 4.69) is 0 Å². The number of amides is 3.